The zero-order valence-corrected chi connectivity index (χ0v) is 19.7. The fourth-order valence-corrected chi connectivity index (χ4v) is 4.32. The molecular formula is C25H28ClN3O4. The molecule has 1 aliphatic rings. The molecule has 2 aromatic carbocycles. The lowest BCUT2D eigenvalue weighted by atomic mass is 9.95. The number of hydrogen-bond acceptors (Lipinski definition) is 5. The molecule has 1 atom stereocenters. The number of carbonyl (C=O) groups is 1. The summed E-state index contributed by atoms with van der Waals surface area (Å²) >= 11 is 6.20. The Labute approximate surface area is 198 Å². The number of H-pyrrole nitrogens is 1. The van der Waals surface area contributed by atoms with Crippen molar-refractivity contribution in [3.63, 3.8) is 0 Å². The summed E-state index contributed by atoms with van der Waals surface area (Å²) in [6.07, 6.45) is 0.836. The van der Waals surface area contributed by atoms with Gasteiger partial charge in [-0.2, -0.15) is 5.10 Å². The number of nitrogens with one attached hydrogen (secondary N) is 1. The molecular weight excluding hydrogens is 442 g/mol. The summed E-state index contributed by atoms with van der Waals surface area (Å²) < 4.78 is 11.3. The van der Waals surface area contributed by atoms with Crippen molar-refractivity contribution >= 4 is 17.5 Å². The Morgan fingerprint density at radius 2 is 1.97 bits per heavy atom. The standard InChI is InChI=1S/C25H28ClN3O4/c1-4-32-18-9-6-16(7-10-18)24-21-22(19-14-17(26)8-11-20(19)30)27-28-23(21)25(31)29(24)12-5-13-33-15(2)3/h6-11,14-15,24,30H,4-5,12-13H2,1-3H3,(H,27,28). The highest BCUT2D eigenvalue weighted by atomic mass is 35.5. The summed E-state index contributed by atoms with van der Waals surface area (Å²) in [5.41, 5.74) is 3.07. The molecule has 7 nitrogen and oxygen atoms in total. The van der Waals surface area contributed by atoms with Gasteiger partial charge < -0.3 is 19.5 Å². The Kier molecular flexibility index (Phi) is 6.91. The predicted molar refractivity (Wildman–Crippen MR) is 127 cm³/mol. The van der Waals surface area contributed by atoms with Gasteiger partial charge in [-0.3, -0.25) is 9.89 Å². The van der Waals surface area contributed by atoms with Crippen molar-refractivity contribution in [1.82, 2.24) is 15.1 Å². The highest BCUT2D eigenvalue weighted by Crippen LogP contribution is 2.45. The highest BCUT2D eigenvalue weighted by Gasteiger charge is 2.42. The Hall–Kier alpha value is -3.03. The topological polar surface area (TPSA) is 87.7 Å². The summed E-state index contributed by atoms with van der Waals surface area (Å²) in [6.45, 7) is 7.58. The molecule has 0 saturated carbocycles. The van der Waals surface area contributed by atoms with Crippen molar-refractivity contribution in [2.75, 3.05) is 19.8 Å². The number of aromatic hydroxyl groups is 1. The lowest BCUT2D eigenvalue weighted by Crippen LogP contribution is -2.31. The minimum atomic E-state index is -0.366. The van der Waals surface area contributed by atoms with E-state index in [0.29, 0.717) is 48.2 Å². The lowest BCUT2D eigenvalue weighted by Gasteiger charge is -2.26. The number of phenolic OH excluding ortho intramolecular Hbond substituents is 1. The number of amides is 1. The number of halogens is 1. The van der Waals surface area contributed by atoms with Gasteiger partial charge in [0, 0.05) is 29.3 Å². The van der Waals surface area contributed by atoms with Gasteiger partial charge in [0.2, 0.25) is 0 Å². The number of aromatic amines is 1. The highest BCUT2D eigenvalue weighted by molar-refractivity contribution is 6.31. The second-order valence-electron chi connectivity index (χ2n) is 8.20. The zero-order valence-electron chi connectivity index (χ0n) is 19.0. The number of carbonyl (C=O) groups excluding carboxylic acids is 1. The van der Waals surface area contributed by atoms with Crippen LogP contribution in [0.3, 0.4) is 0 Å². The van der Waals surface area contributed by atoms with Gasteiger partial charge in [-0.15, -0.1) is 0 Å². The van der Waals surface area contributed by atoms with E-state index in [2.05, 4.69) is 10.2 Å². The molecule has 0 spiro atoms. The molecule has 1 aliphatic heterocycles. The molecule has 2 N–H and O–H groups in total. The third-order valence-corrected chi connectivity index (χ3v) is 5.81. The van der Waals surface area contributed by atoms with Crippen LogP contribution in [0, 0.1) is 0 Å². The van der Waals surface area contributed by atoms with E-state index in [0.717, 1.165) is 16.9 Å². The van der Waals surface area contributed by atoms with Crippen molar-refractivity contribution in [3.8, 4) is 22.8 Å². The fraction of sp³-hybridized carbons (Fsp3) is 0.360. The van der Waals surface area contributed by atoms with E-state index in [4.69, 9.17) is 21.1 Å². The first kappa shape index (κ1) is 23.1. The average Bonchev–Trinajstić information content (AvgIpc) is 3.33. The first-order valence-corrected chi connectivity index (χ1v) is 11.5. The zero-order chi connectivity index (χ0) is 23.5. The quantitative estimate of drug-likeness (QED) is 0.421. The number of benzene rings is 2. The Morgan fingerprint density at radius 1 is 1.21 bits per heavy atom. The molecule has 33 heavy (non-hydrogen) atoms. The van der Waals surface area contributed by atoms with E-state index in [9.17, 15) is 9.90 Å². The van der Waals surface area contributed by atoms with Crippen molar-refractivity contribution in [3.05, 3.63) is 64.3 Å². The summed E-state index contributed by atoms with van der Waals surface area (Å²) in [5.74, 6) is 0.687. The van der Waals surface area contributed by atoms with Crippen LogP contribution >= 0.6 is 11.6 Å². The average molecular weight is 470 g/mol. The summed E-state index contributed by atoms with van der Waals surface area (Å²) in [5, 5.41) is 18.3. The van der Waals surface area contributed by atoms with Gasteiger partial charge in [0.1, 0.15) is 22.9 Å². The third kappa shape index (κ3) is 4.70. The fourth-order valence-electron chi connectivity index (χ4n) is 4.14. The van der Waals surface area contributed by atoms with Crippen LogP contribution in [-0.4, -0.2) is 52.0 Å². The molecule has 0 fully saturated rings. The molecule has 1 unspecified atom stereocenters. The van der Waals surface area contributed by atoms with Crippen LogP contribution < -0.4 is 4.74 Å². The predicted octanol–water partition coefficient (Wildman–Crippen LogP) is 5.19. The van der Waals surface area contributed by atoms with Gasteiger partial charge in [-0.25, -0.2) is 0 Å². The number of phenols is 1. The first-order valence-electron chi connectivity index (χ1n) is 11.1. The van der Waals surface area contributed by atoms with E-state index in [1.165, 1.54) is 6.07 Å². The van der Waals surface area contributed by atoms with Gasteiger partial charge in [0.25, 0.3) is 5.91 Å². The van der Waals surface area contributed by atoms with Crippen LogP contribution in [0.15, 0.2) is 42.5 Å². The largest absolute Gasteiger partial charge is 0.507 e. The van der Waals surface area contributed by atoms with Gasteiger partial charge in [-0.1, -0.05) is 23.7 Å². The number of ether oxygens (including phenoxy) is 2. The Balaban J connectivity index is 1.75. The van der Waals surface area contributed by atoms with Crippen LogP contribution in [0.2, 0.25) is 5.02 Å². The SMILES string of the molecule is CCOc1ccc(C2c3c(-c4cc(Cl)ccc4O)n[nH]c3C(=O)N2CCCOC(C)C)cc1. The Morgan fingerprint density at radius 3 is 2.67 bits per heavy atom. The molecule has 0 bridgehead atoms. The molecule has 1 aromatic heterocycles. The minimum absolute atomic E-state index is 0.0513. The second kappa shape index (κ2) is 9.85. The van der Waals surface area contributed by atoms with Crippen LogP contribution in [-0.2, 0) is 4.74 Å². The summed E-state index contributed by atoms with van der Waals surface area (Å²) in [4.78, 5) is 15.2. The molecule has 4 rings (SSSR count). The van der Waals surface area contributed by atoms with Crippen LogP contribution in [0.1, 0.15) is 54.8 Å². The maximum atomic E-state index is 13.4. The number of nitrogens with zero attached hydrogens (tertiary/aromatic N) is 2. The second-order valence-corrected chi connectivity index (χ2v) is 8.64. The van der Waals surface area contributed by atoms with E-state index in [-0.39, 0.29) is 23.8 Å². The molecule has 1 amide bonds. The van der Waals surface area contributed by atoms with E-state index in [1.54, 1.807) is 12.1 Å². The van der Waals surface area contributed by atoms with Crippen LogP contribution in [0.25, 0.3) is 11.3 Å². The number of aromatic nitrogens is 2. The third-order valence-electron chi connectivity index (χ3n) is 5.58. The van der Waals surface area contributed by atoms with Crippen molar-refractivity contribution in [2.24, 2.45) is 0 Å². The molecule has 8 heteroatoms. The summed E-state index contributed by atoms with van der Waals surface area (Å²) in [7, 11) is 0. The van der Waals surface area contributed by atoms with E-state index in [1.807, 2.05) is 49.9 Å². The molecule has 3 aromatic rings. The molecule has 174 valence electrons. The first-order chi connectivity index (χ1) is 15.9. The maximum absolute atomic E-state index is 13.4. The van der Waals surface area contributed by atoms with E-state index < -0.39 is 0 Å². The molecule has 2 heterocycles. The number of fused-ring (bicyclic) bond motifs is 1. The van der Waals surface area contributed by atoms with E-state index >= 15 is 0 Å². The molecule has 0 saturated heterocycles. The normalized spacial score (nSPS) is 15.4. The summed E-state index contributed by atoms with van der Waals surface area (Å²) in [6, 6.07) is 12.2. The van der Waals surface area contributed by atoms with Crippen molar-refractivity contribution in [1.29, 1.82) is 0 Å². The van der Waals surface area contributed by atoms with Crippen LogP contribution in [0.5, 0.6) is 11.5 Å². The monoisotopic (exact) mass is 469 g/mol. The number of hydrogen-bond donors (Lipinski definition) is 2. The van der Waals surface area contributed by atoms with Crippen LogP contribution in [0.4, 0.5) is 0 Å². The Bertz CT molecular complexity index is 1130. The van der Waals surface area contributed by atoms with Gasteiger partial charge in [0.05, 0.1) is 18.8 Å². The van der Waals surface area contributed by atoms with Gasteiger partial charge >= 0.3 is 0 Å². The maximum Gasteiger partial charge on any atom is 0.273 e. The number of rotatable bonds is 9. The van der Waals surface area contributed by atoms with Gasteiger partial charge in [-0.05, 0) is 63.1 Å². The molecule has 0 radical (unpaired) electrons. The molecule has 0 aliphatic carbocycles. The lowest BCUT2D eigenvalue weighted by molar-refractivity contribution is 0.0601. The minimum Gasteiger partial charge on any atom is -0.507 e. The van der Waals surface area contributed by atoms with Gasteiger partial charge in [0.15, 0.2) is 0 Å². The van der Waals surface area contributed by atoms with Crippen molar-refractivity contribution in [2.45, 2.75) is 39.3 Å². The smallest absolute Gasteiger partial charge is 0.273 e. The van der Waals surface area contributed by atoms with Crippen molar-refractivity contribution < 1.29 is 19.4 Å².